The molecule has 1 N–H and O–H groups in total. The lowest BCUT2D eigenvalue weighted by Crippen LogP contribution is -2.38. The summed E-state index contributed by atoms with van der Waals surface area (Å²) in [5.41, 5.74) is 2.47. The molecular formula is C19H23ClN2O3S. The minimum atomic E-state index is -3.48. The van der Waals surface area contributed by atoms with E-state index in [1.807, 2.05) is 30.3 Å². The highest BCUT2D eigenvalue weighted by Gasteiger charge is 2.20. The third kappa shape index (κ3) is 6.12. The van der Waals surface area contributed by atoms with E-state index >= 15 is 0 Å². The molecule has 7 heteroatoms. The zero-order valence-corrected chi connectivity index (χ0v) is 16.5. The first-order valence-electron chi connectivity index (χ1n) is 8.31. The van der Waals surface area contributed by atoms with Crippen LogP contribution in [0.4, 0.5) is 5.69 Å². The van der Waals surface area contributed by atoms with Crippen LogP contribution in [-0.4, -0.2) is 38.0 Å². The molecule has 0 unspecified atom stereocenters. The molecule has 0 fully saturated rings. The maximum atomic E-state index is 12.3. The predicted octanol–water partition coefficient (Wildman–Crippen LogP) is 3.48. The van der Waals surface area contributed by atoms with Gasteiger partial charge in [-0.3, -0.25) is 4.79 Å². The van der Waals surface area contributed by atoms with Crippen LogP contribution in [0.2, 0.25) is 5.02 Å². The largest absolute Gasteiger partial charge is 0.325 e. The Morgan fingerprint density at radius 2 is 1.81 bits per heavy atom. The zero-order chi connectivity index (χ0) is 19.2. The molecule has 2 rings (SSSR count). The lowest BCUT2D eigenvalue weighted by atomic mass is 10.1. The molecule has 0 aliphatic heterocycles. The van der Waals surface area contributed by atoms with Crippen LogP contribution in [0.25, 0.3) is 0 Å². The molecule has 26 heavy (non-hydrogen) atoms. The first kappa shape index (κ1) is 20.4. The van der Waals surface area contributed by atoms with Crippen LogP contribution in [0.5, 0.6) is 0 Å². The van der Waals surface area contributed by atoms with Gasteiger partial charge in [-0.05, 0) is 43.0 Å². The highest BCUT2D eigenvalue weighted by atomic mass is 35.5. The molecule has 2 aromatic carbocycles. The normalized spacial score (nSPS) is 11.5. The lowest BCUT2D eigenvalue weighted by molar-refractivity contribution is -0.116. The molecule has 0 aliphatic rings. The fraction of sp³-hybridized carbons (Fsp3) is 0.316. The second-order valence-corrected chi connectivity index (χ2v) is 8.54. The average Bonchev–Trinajstić information content (AvgIpc) is 2.58. The first-order valence-corrected chi connectivity index (χ1v) is 10.5. The molecule has 0 heterocycles. The first-order chi connectivity index (χ1) is 12.3. The van der Waals surface area contributed by atoms with Gasteiger partial charge in [0.2, 0.25) is 15.9 Å². The van der Waals surface area contributed by atoms with Crippen molar-refractivity contribution in [3.05, 3.63) is 64.7 Å². The average molecular weight is 395 g/mol. The van der Waals surface area contributed by atoms with Crippen molar-refractivity contribution in [1.29, 1.82) is 0 Å². The van der Waals surface area contributed by atoms with Crippen molar-refractivity contribution in [2.75, 3.05) is 24.7 Å². The monoisotopic (exact) mass is 394 g/mol. The summed E-state index contributed by atoms with van der Waals surface area (Å²) in [6, 6.07) is 15.0. The summed E-state index contributed by atoms with van der Waals surface area (Å²) in [5.74, 6) is -0.388. The minimum absolute atomic E-state index is 0.223. The molecule has 0 saturated heterocycles. The van der Waals surface area contributed by atoms with Gasteiger partial charge in [0.25, 0.3) is 0 Å². The summed E-state index contributed by atoms with van der Waals surface area (Å²) in [7, 11) is -3.48. The van der Waals surface area contributed by atoms with Crippen molar-refractivity contribution in [3.8, 4) is 0 Å². The number of halogens is 1. The molecule has 0 saturated carbocycles. The van der Waals surface area contributed by atoms with E-state index in [0.29, 0.717) is 17.1 Å². The van der Waals surface area contributed by atoms with E-state index in [4.69, 9.17) is 11.6 Å². The lowest BCUT2D eigenvalue weighted by Gasteiger charge is -2.20. The number of hydrogen-bond donors (Lipinski definition) is 1. The van der Waals surface area contributed by atoms with Gasteiger partial charge in [0.05, 0.1) is 12.8 Å². The van der Waals surface area contributed by atoms with Crippen molar-refractivity contribution in [2.24, 2.45) is 0 Å². The Hall–Kier alpha value is -1.89. The van der Waals surface area contributed by atoms with Gasteiger partial charge in [-0.25, -0.2) is 8.42 Å². The number of amides is 1. The highest BCUT2D eigenvalue weighted by molar-refractivity contribution is 7.88. The standard InChI is InChI=1S/C19H23ClN2O3S/c1-15-17(20)11-6-12-18(15)21-19(23)14-22(26(2,24)25)13-7-10-16-8-4-3-5-9-16/h3-6,8-9,11-12H,7,10,13-14H2,1-2H3,(H,21,23). The van der Waals surface area contributed by atoms with Gasteiger partial charge in [-0.1, -0.05) is 48.0 Å². The molecule has 1 amide bonds. The quantitative estimate of drug-likeness (QED) is 0.745. The molecule has 0 atom stereocenters. The van der Waals surface area contributed by atoms with Crippen LogP contribution in [0.3, 0.4) is 0 Å². The second kappa shape index (κ2) is 9.16. The van der Waals surface area contributed by atoms with Crippen molar-refractivity contribution >= 4 is 33.2 Å². The Kier molecular flexibility index (Phi) is 7.20. The van der Waals surface area contributed by atoms with E-state index < -0.39 is 10.0 Å². The summed E-state index contributed by atoms with van der Waals surface area (Å²) in [4.78, 5) is 12.3. The van der Waals surface area contributed by atoms with Crippen molar-refractivity contribution in [3.63, 3.8) is 0 Å². The van der Waals surface area contributed by atoms with Gasteiger partial charge in [0, 0.05) is 17.3 Å². The predicted molar refractivity (Wildman–Crippen MR) is 106 cm³/mol. The second-order valence-electron chi connectivity index (χ2n) is 6.15. The van der Waals surface area contributed by atoms with Crippen LogP contribution in [0.15, 0.2) is 48.5 Å². The van der Waals surface area contributed by atoms with E-state index in [-0.39, 0.29) is 19.0 Å². The van der Waals surface area contributed by atoms with Gasteiger partial charge in [-0.2, -0.15) is 4.31 Å². The Bertz CT molecular complexity index is 854. The topological polar surface area (TPSA) is 66.5 Å². The number of benzene rings is 2. The number of hydrogen-bond acceptors (Lipinski definition) is 3. The van der Waals surface area contributed by atoms with E-state index in [0.717, 1.165) is 23.8 Å². The molecule has 0 spiro atoms. The minimum Gasteiger partial charge on any atom is -0.325 e. The summed E-state index contributed by atoms with van der Waals surface area (Å²) in [6.45, 7) is 1.86. The summed E-state index contributed by atoms with van der Waals surface area (Å²) < 4.78 is 25.2. The third-order valence-corrected chi connectivity index (χ3v) is 5.71. The van der Waals surface area contributed by atoms with Gasteiger partial charge < -0.3 is 5.32 Å². The maximum absolute atomic E-state index is 12.3. The number of carbonyl (C=O) groups excluding carboxylic acids is 1. The van der Waals surface area contributed by atoms with Crippen molar-refractivity contribution < 1.29 is 13.2 Å². The Morgan fingerprint density at radius 3 is 2.46 bits per heavy atom. The van der Waals surface area contributed by atoms with Gasteiger partial charge in [0.15, 0.2) is 0 Å². The van der Waals surface area contributed by atoms with Gasteiger partial charge in [0.1, 0.15) is 0 Å². The maximum Gasteiger partial charge on any atom is 0.239 e. The molecule has 0 radical (unpaired) electrons. The van der Waals surface area contributed by atoms with E-state index in [9.17, 15) is 13.2 Å². The van der Waals surface area contributed by atoms with Crippen LogP contribution in [0.1, 0.15) is 17.5 Å². The fourth-order valence-corrected chi connectivity index (χ4v) is 3.55. The van der Waals surface area contributed by atoms with Crippen molar-refractivity contribution in [2.45, 2.75) is 19.8 Å². The smallest absolute Gasteiger partial charge is 0.239 e. The number of carbonyl (C=O) groups is 1. The molecule has 0 bridgehead atoms. The number of rotatable bonds is 8. The van der Waals surface area contributed by atoms with E-state index in [2.05, 4.69) is 5.32 Å². The molecular weight excluding hydrogens is 372 g/mol. The summed E-state index contributed by atoms with van der Waals surface area (Å²) in [6.07, 6.45) is 2.51. The molecule has 5 nitrogen and oxygen atoms in total. The number of nitrogens with zero attached hydrogens (tertiary/aromatic N) is 1. The van der Waals surface area contributed by atoms with E-state index in [1.54, 1.807) is 25.1 Å². The number of aryl methyl sites for hydroxylation is 1. The third-order valence-electron chi connectivity index (χ3n) is 4.05. The Balaban J connectivity index is 1.96. The zero-order valence-electron chi connectivity index (χ0n) is 14.9. The Morgan fingerprint density at radius 1 is 1.12 bits per heavy atom. The van der Waals surface area contributed by atoms with Crippen molar-refractivity contribution in [1.82, 2.24) is 4.31 Å². The number of nitrogens with one attached hydrogen (secondary N) is 1. The number of sulfonamides is 1. The Labute approximate surface area is 160 Å². The molecule has 2 aromatic rings. The fourth-order valence-electron chi connectivity index (χ4n) is 2.56. The molecule has 140 valence electrons. The molecule has 0 aromatic heterocycles. The summed E-state index contributed by atoms with van der Waals surface area (Å²) >= 11 is 6.04. The van der Waals surface area contributed by atoms with Gasteiger partial charge >= 0.3 is 0 Å². The summed E-state index contributed by atoms with van der Waals surface area (Å²) in [5, 5.41) is 3.28. The van der Waals surface area contributed by atoms with E-state index in [1.165, 1.54) is 4.31 Å². The van der Waals surface area contributed by atoms with Gasteiger partial charge in [-0.15, -0.1) is 0 Å². The van der Waals surface area contributed by atoms with Crippen LogP contribution < -0.4 is 5.32 Å². The van der Waals surface area contributed by atoms with Crippen LogP contribution in [0, 0.1) is 6.92 Å². The van der Waals surface area contributed by atoms with Crippen LogP contribution >= 0.6 is 11.6 Å². The van der Waals surface area contributed by atoms with Crippen LogP contribution in [-0.2, 0) is 21.2 Å². The molecule has 0 aliphatic carbocycles. The SMILES string of the molecule is Cc1c(Cl)cccc1NC(=O)CN(CCCc1ccccc1)S(C)(=O)=O. The highest BCUT2D eigenvalue weighted by Crippen LogP contribution is 2.22. The number of anilines is 1.